The lowest BCUT2D eigenvalue weighted by molar-refractivity contribution is -0.145. The number of hydrogen-bond donors (Lipinski definition) is 0. The summed E-state index contributed by atoms with van der Waals surface area (Å²) < 4.78 is 40.2. The predicted molar refractivity (Wildman–Crippen MR) is 170 cm³/mol. The standard InChI is InChI=1S/C34H31ClO6S2/c1-4-39-34(36)23-41-33-16-13-30(19-24(33)2)42-31-21-27(6-5-25-9-14-32(15-10-25)43(3,37)38)20-29(22-31)40-18-17-26-7-11-28(35)12-8-26/h7-16,19-22H,4,17-18,23H2,1-3H3. The fraction of sp³-hybridized carbons (Fsp3) is 0.206. The number of benzene rings is 4. The van der Waals surface area contributed by atoms with Gasteiger partial charge in [-0.05, 0) is 97.8 Å². The van der Waals surface area contributed by atoms with E-state index in [2.05, 4.69) is 11.8 Å². The summed E-state index contributed by atoms with van der Waals surface area (Å²) in [4.78, 5) is 13.8. The summed E-state index contributed by atoms with van der Waals surface area (Å²) in [7, 11) is -3.28. The minimum atomic E-state index is -3.28. The molecule has 0 aliphatic carbocycles. The van der Waals surface area contributed by atoms with E-state index in [-0.39, 0.29) is 11.5 Å². The molecule has 0 amide bonds. The van der Waals surface area contributed by atoms with Crippen LogP contribution in [-0.4, -0.2) is 40.5 Å². The molecule has 0 heterocycles. The first kappa shape index (κ1) is 32.0. The van der Waals surface area contributed by atoms with Crippen molar-refractivity contribution in [2.45, 2.75) is 35.0 Å². The predicted octanol–water partition coefficient (Wildman–Crippen LogP) is 7.17. The van der Waals surface area contributed by atoms with Crippen LogP contribution in [-0.2, 0) is 25.8 Å². The number of hydrogen-bond acceptors (Lipinski definition) is 7. The molecular weight excluding hydrogens is 604 g/mol. The van der Waals surface area contributed by atoms with Crippen LogP contribution in [0.4, 0.5) is 0 Å². The molecule has 0 saturated carbocycles. The van der Waals surface area contributed by atoms with Crippen LogP contribution < -0.4 is 9.47 Å². The molecule has 0 aliphatic heterocycles. The van der Waals surface area contributed by atoms with Crippen LogP contribution in [0.15, 0.2) is 99.6 Å². The molecule has 4 aromatic rings. The summed E-state index contributed by atoms with van der Waals surface area (Å²) in [6.07, 6.45) is 1.89. The van der Waals surface area contributed by atoms with E-state index in [9.17, 15) is 13.2 Å². The van der Waals surface area contributed by atoms with Crippen molar-refractivity contribution in [1.82, 2.24) is 0 Å². The van der Waals surface area contributed by atoms with Gasteiger partial charge in [-0.25, -0.2) is 13.2 Å². The van der Waals surface area contributed by atoms with E-state index >= 15 is 0 Å². The average Bonchev–Trinajstić information content (AvgIpc) is 2.96. The molecule has 0 saturated heterocycles. The van der Waals surface area contributed by atoms with E-state index in [0.29, 0.717) is 41.7 Å². The van der Waals surface area contributed by atoms with Crippen LogP contribution in [0, 0.1) is 18.8 Å². The summed E-state index contributed by atoms with van der Waals surface area (Å²) in [5.41, 5.74) is 3.46. The van der Waals surface area contributed by atoms with Crippen molar-refractivity contribution in [2.24, 2.45) is 0 Å². The van der Waals surface area contributed by atoms with Gasteiger partial charge in [-0.3, -0.25) is 0 Å². The Bertz CT molecular complexity index is 1740. The van der Waals surface area contributed by atoms with Crippen molar-refractivity contribution in [3.63, 3.8) is 0 Å². The van der Waals surface area contributed by atoms with E-state index in [4.69, 9.17) is 25.8 Å². The van der Waals surface area contributed by atoms with E-state index in [1.807, 2.05) is 67.6 Å². The first-order valence-electron chi connectivity index (χ1n) is 13.5. The van der Waals surface area contributed by atoms with Gasteiger partial charge in [-0.2, -0.15) is 0 Å². The van der Waals surface area contributed by atoms with Crippen molar-refractivity contribution in [3.8, 4) is 23.3 Å². The zero-order valence-electron chi connectivity index (χ0n) is 24.1. The fourth-order valence-electron chi connectivity index (χ4n) is 3.98. The maximum atomic E-state index is 11.8. The number of esters is 1. The lowest BCUT2D eigenvalue weighted by Gasteiger charge is -2.12. The Hall–Kier alpha value is -3.90. The largest absolute Gasteiger partial charge is 0.493 e. The molecule has 0 aromatic heterocycles. The molecule has 0 aliphatic rings. The maximum absolute atomic E-state index is 11.8. The zero-order valence-corrected chi connectivity index (χ0v) is 26.4. The molecule has 43 heavy (non-hydrogen) atoms. The Morgan fingerprint density at radius 2 is 1.58 bits per heavy atom. The van der Waals surface area contributed by atoms with Crippen LogP contribution in [0.5, 0.6) is 11.5 Å². The van der Waals surface area contributed by atoms with Gasteiger partial charge in [-0.15, -0.1) is 0 Å². The van der Waals surface area contributed by atoms with Gasteiger partial charge >= 0.3 is 5.97 Å². The Morgan fingerprint density at radius 3 is 2.26 bits per heavy atom. The highest BCUT2D eigenvalue weighted by Crippen LogP contribution is 2.34. The third kappa shape index (κ3) is 10.1. The van der Waals surface area contributed by atoms with E-state index in [1.54, 1.807) is 43.0 Å². The second kappa shape index (κ2) is 15.0. The topological polar surface area (TPSA) is 78.9 Å². The Morgan fingerprint density at radius 1 is 0.860 bits per heavy atom. The first-order valence-corrected chi connectivity index (χ1v) is 16.6. The highest BCUT2D eigenvalue weighted by atomic mass is 35.5. The SMILES string of the molecule is CCOC(=O)COc1ccc(Sc2cc(C#Cc3ccc(S(C)(=O)=O)cc3)cc(OCCc3ccc(Cl)cc3)c2)cc1C. The Labute approximate surface area is 262 Å². The number of carbonyl (C=O) groups excluding carboxylic acids is 1. The molecule has 6 nitrogen and oxygen atoms in total. The summed E-state index contributed by atoms with van der Waals surface area (Å²) in [5.74, 6) is 7.19. The van der Waals surface area contributed by atoms with Gasteiger partial charge < -0.3 is 14.2 Å². The van der Waals surface area contributed by atoms with Gasteiger partial charge in [0.2, 0.25) is 0 Å². The van der Waals surface area contributed by atoms with E-state index in [0.717, 1.165) is 26.5 Å². The minimum Gasteiger partial charge on any atom is -0.493 e. The molecule has 0 atom stereocenters. The lowest BCUT2D eigenvalue weighted by Crippen LogP contribution is -2.14. The molecule has 0 spiro atoms. The number of carbonyl (C=O) groups is 1. The van der Waals surface area contributed by atoms with Crippen molar-refractivity contribution >= 4 is 39.2 Å². The fourth-order valence-corrected chi connectivity index (χ4v) is 5.74. The smallest absolute Gasteiger partial charge is 0.344 e. The van der Waals surface area contributed by atoms with Crippen LogP contribution >= 0.6 is 23.4 Å². The van der Waals surface area contributed by atoms with Crippen molar-refractivity contribution < 1.29 is 27.4 Å². The zero-order chi connectivity index (χ0) is 30.8. The Balaban J connectivity index is 1.54. The number of aryl methyl sites for hydroxylation is 1. The lowest BCUT2D eigenvalue weighted by atomic mass is 10.1. The van der Waals surface area contributed by atoms with E-state index in [1.165, 1.54) is 6.26 Å². The van der Waals surface area contributed by atoms with Crippen LogP contribution in [0.25, 0.3) is 0 Å². The van der Waals surface area contributed by atoms with Gasteiger partial charge in [-0.1, -0.05) is 47.3 Å². The molecule has 0 bridgehead atoms. The quantitative estimate of drug-likeness (QED) is 0.128. The van der Waals surface area contributed by atoms with Crippen LogP contribution in [0.1, 0.15) is 29.2 Å². The first-order chi connectivity index (χ1) is 20.6. The molecule has 9 heteroatoms. The average molecular weight is 635 g/mol. The van der Waals surface area contributed by atoms with Gasteiger partial charge in [0, 0.05) is 38.6 Å². The van der Waals surface area contributed by atoms with Crippen LogP contribution in [0.2, 0.25) is 5.02 Å². The minimum absolute atomic E-state index is 0.143. The van der Waals surface area contributed by atoms with Gasteiger partial charge in [0.1, 0.15) is 11.5 Å². The molecule has 222 valence electrons. The number of rotatable bonds is 11. The van der Waals surface area contributed by atoms with Gasteiger partial charge in [0.25, 0.3) is 0 Å². The summed E-state index contributed by atoms with van der Waals surface area (Å²) >= 11 is 7.56. The van der Waals surface area contributed by atoms with Gasteiger partial charge in [0.05, 0.1) is 18.1 Å². The monoisotopic (exact) mass is 634 g/mol. The van der Waals surface area contributed by atoms with Gasteiger partial charge in [0.15, 0.2) is 16.4 Å². The molecular formula is C34H31ClO6S2. The van der Waals surface area contributed by atoms with Crippen molar-refractivity contribution in [3.05, 3.63) is 112 Å². The van der Waals surface area contributed by atoms with Crippen molar-refractivity contribution in [2.75, 3.05) is 26.1 Å². The number of halogens is 1. The van der Waals surface area contributed by atoms with Crippen molar-refractivity contribution in [1.29, 1.82) is 0 Å². The highest BCUT2D eigenvalue weighted by Gasteiger charge is 2.09. The Kier molecular flexibility index (Phi) is 11.2. The molecule has 0 fully saturated rings. The third-order valence-corrected chi connectivity index (χ3v) is 8.46. The van der Waals surface area contributed by atoms with E-state index < -0.39 is 15.8 Å². The number of sulfone groups is 1. The molecule has 4 rings (SSSR count). The highest BCUT2D eigenvalue weighted by molar-refractivity contribution is 7.99. The molecule has 0 unspecified atom stereocenters. The summed E-state index contributed by atoms with van der Waals surface area (Å²) in [6.45, 7) is 4.32. The van der Waals surface area contributed by atoms with Crippen LogP contribution in [0.3, 0.4) is 0 Å². The number of ether oxygens (including phenoxy) is 3. The molecule has 4 aromatic carbocycles. The second-order valence-electron chi connectivity index (χ2n) is 9.59. The second-order valence-corrected chi connectivity index (χ2v) is 13.2. The molecule has 0 N–H and O–H groups in total. The molecule has 0 radical (unpaired) electrons. The third-order valence-electron chi connectivity index (χ3n) is 6.12. The summed E-state index contributed by atoms with van der Waals surface area (Å²) in [6, 6.07) is 25.8. The summed E-state index contributed by atoms with van der Waals surface area (Å²) in [5, 5.41) is 0.692. The normalized spacial score (nSPS) is 10.9. The maximum Gasteiger partial charge on any atom is 0.344 e.